The highest BCUT2D eigenvalue weighted by molar-refractivity contribution is 6.13. The van der Waals surface area contributed by atoms with Crippen LogP contribution in [0.1, 0.15) is 0 Å². The molecule has 0 radical (unpaired) electrons. The van der Waals surface area contributed by atoms with Gasteiger partial charge < -0.3 is 4.42 Å². The molecule has 0 N–H and O–H groups in total. The van der Waals surface area contributed by atoms with E-state index in [0.29, 0.717) is 17.5 Å². The van der Waals surface area contributed by atoms with E-state index in [1.807, 2.05) is 42.5 Å². The highest BCUT2D eigenvalue weighted by Gasteiger charge is 2.17. The molecule has 248 valence electrons. The van der Waals surface area contributed by atoms with E-state index in [1.165, 1.54) is 27.5 Å². The van der Waals surface area contributed by atoms with E-state index in [2.05, 4.69) is 146 Å². The highest BCUT2D eigenvalue weighted by atomic mass is 16.3. The van der Waals surface area contributed by atoms with E-state index in [9.17, 15) is 0 Å². The predicted octanol–water partition coefficient (Wildman–Crippen LogP) is 12.9. The summed E-state index contributed by atoms with van der Waals surface area (Å²) < 4.78 is 6.51. The first-order valence-corrected chi connectivity index (χ1v) is 17.8. The maximum Gasteiger partial charge on any atom is 0.164 e. The second kappa shape index (κ2) is 12.9. The lowest BCUT2D eigenvalue weighted by Crippen LogP contribution is -2.00. The van der Waals surface area contributed by atoms with Crippen molar-refractivity contribution < 1.29 is 4.42 Å². The second-order valence-electron chi connectivity index (χ2n) is 13.2. The lowest BCUT2D eigenvalue weighted by Gasteiger charge is -2.10. The summed E-state index contributed by atoms with van der Waals surface area (Å²) in [5.74, 6) is 1.82. The Morgan fingerprint density at radius 2 is 0.792 bits per heavy atom. The highest BCUT2D eigenvalue weighted by Crippen LogP contribution is 2.39. The van der Waals surface area contributed by atoms with Crippen LogP contribution in [-0.2, 0) is 0 Å². The molecule has 10 rings (SSSR count). The van der Waals surface area contributed by atoms with Crippen LogP contribution in [-0.4, -0.2) is 15.0 Å². The third-order valence-corrected chi connectivity index (χ3v) is 9.97. The van der Waals surface area contributed by atoms with E-state index in [4.69, 9.17) is 19.4 Å². The van der Waals surface area contributed by atoms with Gasteiger partial charge in [-0.05, 0) is 62.4 Å². The molecule has 0 aliphatic carbocycles. The van der Waals surface area contributed by atoms with Crippen LogP contribution in [0.15, 0.2) is 192 Å². The fraction of sp³-hybridized carbons (Fsp3) is 0. The standard InChI is InChI=1S/C49H31N3O/c1-3-11-32(12-4-1)33-21-23-36(24-22-33)42-19-10-20-44-46(42)43-30-29-39(31-45(43)53-44)49-51-47(37-14-5-2-6-15-37)50-48(52-49)38-27-25-35(26-28-38)41-18-9-16-34-13-7-8-17-40(34)41/h1-31H. The molecule has 4 heteroatoms. The van der Waals surface area contributed by atoms with E-state index in [0.717, 1.165) is 55.3 Å². The van der Waals surface area contributed by atoms with Crippen LogP contribution in [0.2, 0.25) is 0 Å². The second-order valence-corrected chi connectivity index (χ2v) is 13.2. The Hall–Kier alpha value is -7.17. The molecule has 0 unspecified atom stereocenters. The van der Waals surface area contributed by atoms with Crippen LogP contribution in [0.5, 0.6) is 0 Å². The minimum Gasteiger partial charge on any atom is -0.456 e. The zero-order valence-electron chi connectivity index (χ0n) is 28.6. The average Bonchev–Trinajstić information content (AvgIpc) is 3.62. The molecule has 53 heavy (non-hydrogen) atoms. The molecule has 0 saturated carbocycles. The van der Waals surface area contributed by atoms with Gasteiger partial charge in [0.2, 0.25) is 0 Å². The summed E-state index contributed by atoms with van der Waals surface area (Å²) in [6.45, 7) is 0. The SMILES string of the molecule is c1ccc(-c2ccc(-c3cccc4oc5cc(-c6nc(-c7ccccc7)nc(-c7ccc(-c8cccc9ccccc89)cc7)n6)ccc5c34)cc2)cc1. The number of hydrogen-bond acceptors (Lipinski definition) is 4. The van der Waals surface area contributed by atoms with Gasteiger partial charge in [0.25, 0.3) is 0 Å². The lowest BCUT2D eigenvalue weighted by molar-refractivity contribution is 0.669. The van der Waals surface area contributed by atoms with Crippen LogP contribution in [0.25, 0.3) is 100 Å². The molecule has 0 aliphatic heterocycles. The molecule has 0 saturated heterocycles. The maximum atomic E-state index is 6.51. The van der Waals surface area contributed by atoms with Gasteiger partial charge >= 0.3 is 0 Å². The zero-order chi connectivity index (χ0) is 35.1. The van der Waals surface area contributed by atoms with Crippen LogP contribution in [0, 0.1) is 0 Å². The Labute approximate surface area is 306 Å². The molecule has 0 atom stereocenters. The van der Waals surface area contributed by atoms with Gasteiger partial charge in [0, 0.05) is 27.5 Å². The van der Waals surface area contributed by atoms with Gasteiger partial charge in [-0.1, -0.05) is 170 Å². The molecular weight excluding hydrogens is 647 g/mol. The van der Waals surface area contributed by atoms with Gasteiger partial charge in [0.1, 0.15) is 11.2 Å². The molecule has 8 aromatic carbocycles. The summed E-state index contributed by atoms with van der Waals surface area (Å²) in [6, 6.07) is 65.2. The molecule has 2 heterocycles. The number of hydrogen-bond donors (Lipinski definition) is 0. The minimum atomic E-state index is 0.589. The van der Waals surface area contributed by atoms with Gasteiger partial charge in [-0.3, -0.25) is 0 Å². The molecule has 0 aliphatic rings. The van der Waals surface area contributed by atoms with E-state index >= 15 is 0 Å². The minimum absolute atomic E-state index is 0.589. The summed E-state index contributed by atoms with van der Waals surface area (Å²) in [4.78, 5) is 15.0. The lowest BCUT2D eigenvalue weighted by atomic mass is 9.96. The third-order valence-electron chi connectivity index (χ3n) is 9.97. The molecule has 0 bridgehead atoms. The monoisotopic (exact) mass is 677 g/mol. The van der Waals surface area contributed by atoms with Gasteiger partial charge in [0.15, 0.2) is 17.5 Å². The van der Waals surface area contributed by atoms with Crippen molar-refractivity contribution in [1.29, 1.82) is 0 Å². The third kappa shape index (κ3) is 5.63. The number of aromatic nitrogens is 3. The Morgan fingerprint density at radius 3 is 1.53 bits per heavy atom. The van der Waals surface area contributed by atoms with Gasteiger partial charge in [-0.2, -0.15) is 0 Å². The average molecular weight is 678 g/mol. The van der Waals surface area contributed by atoms with Crippen LogP contribution in [0.4, 0.5) is 0 Å². The van der Waals surface area contributed by atoms with E-state index in [-0.39, 0.29) is 0 Å². The Kier molecular flexibility index (Phi) is 7.43. The van der Waals surface area contributed by atoms with Crippen LogP contribution in [0.3, 0.4) is 0 Å². The predicted molar refractivity (Wildman–Crippen MR) is 217 cm³/mol. The topological polar surface area (TPSA) is 51.8 Å². The molecular formula is C49H31N3O. The van der Waals surface area contributed by atoms with Crippen molar-refractivity contribution in [3.8, 4) is 67.5 Å². The number of fused-ring (bicyclic) bond motifs is 4. The molecule has 2 aromatic heterocycles. The van der Waals surface area contributed by atoms with Crippen LogP contribution < -0.4 is 0 Å². The fourth-order valence-corrected chi connectivity index (χ4v) is 7.30. The maximum absolute atomic E-state index is 6.51. The van der Waals surface area contributed by atoms with E-state index in [1.54, 1.807) is 0 Å². The number of benzene rings is 8. The van der Waals surface area contributed by atoms with Crippen molar-refractivity contribution in [2.75, 3.05) is 0 Å². The first-order chi connectivity index (χ1) is 26.2. The Morgan fingerprint density at radius 1 is 0.302 bits per heavy atom. The summed E-state index contributed by atoms with van der Waals surface area (Å²) >= 11 is 0. The summed E-state index contributed by atoms with van der Waals surface area (Å²) in [5.41, 5.74) is 11.3. The van der Waals surface area contributed by atoms with Gasteiger partial charge in [0.05, 0.1) is 0 Å². The van der Waals surface area contributed by atoms with Crippen molar-refractivity contribution in [3.63, 3.8) is 0 Å². The molecule has 0 spiro atoms. The fourth-order valence-electron chi connectivity index (χ4n) is 7.30. The zero-order valence-corrected chi connectivity index (χ0v) is 28.6. The van der Waals surface area contributed by atoms with Crippen LogP contribution >= 0.6 is 0 Å². The largest absolute Gasteiger partial charge is 0.456 e. The molecule has 0 fully saturated rings. The van der Waals surface area contributed by atoms with Gasteiger partial charge in [-0.25, -0.2) is 15.0 Å². The smallest absolute Gasteiger partial charge is 0.164 e. The number of furan rings is 1. The van der Waals surface area contributed by atoms with Crippen molar-refractivity contribution in [1.82, 2.24) is 15.0 Å². The molecule has 4 nitrogen and oxygen atoms in total. The summed E-state index contributed by atoms with van der Waals surface area (Å²) in [5, 5.41) is 4.59. The first-order valence-electron chi connectivity index (χ1n) is 17.8. The van der Waals surface area contributed by atoms with Crippen molar-refractivity contribution in [2.45, 2.75) is 0 Å². The molecule has 0 amide bonds. The number of nitrogens with zero attached hydrogens (tertiary/aromatic N) is 3. The summed E-state index contributed by atoms with van der Waals surface area (Å²) in [6.07, 6.45) is 0. The Balaban J connectivity index is 1.05. The van der Waals surface area contributed by atoms with Gasteiger partial charge in [-0.15, -0.1) is 0 Å². The van der Waals surface area contributed by atoms with Crippen molar-refractivity contribution >= 4 is 32.7 Å². The normalized spacial score (nSPS) is 11.4. The van der Waals surface area contributed by atoms with Crippen molar-refractivity contribution in [2.24, 2.45) is 0 Å². The van der Waals surface area contributed by atoms with E-state index < -0.39 is 0 Å². The Bertz CT molecular complexity index is 2910. The van der Waals surface area contributed by atoms with Crippen molar-refractivity contribution in [3.05, 3.63) is 188 Å². The quantitative estimate of drug-likeness (QED) is 0.176. The number of rotatable bonds is 6. The first kappa shape index (κ1) is 30.6. The summed E-state index contributed by atoms with van der Waals surface area (Å²) in [7, 11) is 0. The molecule has 10 aromatic rings.